The minimum absolute atomic E-state index is 0.195. The van der Waals surface area contributed by atoms with Crippen molar-refractivity contribution in [2.24, 2.45) is 0 Å². The standard InChI is InChI=1S/C21H19N5O/c22-17-9-10-20-16(11-17)12-24-26(20)13-14-5-7-15(8-6-14)21(27)25-19-4-2-1-3-18(19)23/h1-12H,13,22-23H2,(H,25,27). The molecule has 0 spiro atoms. The number of benzene rings is 3. The van der Waals surface area contributed by atoms with E-state index >= 15 is 0 Å². The number of aromatic nitrogens is 2. The minimum atomic E-state index is -0.195. The summed E-state index contributed by atoms with van der Waals surface area (Å²) in [6.45, 7) is 0.612. The van der Waals surface area contributed by atoms with Crippen molar-refractivity contribution in [3.05, 3.63) is 84.1 Å². The fourth-order valence-electron chi connectivity index (χ4n) is 2.97. The van der Waals surface area contributed by atoms with E-state index in [4.69, 9.17) is 11.5 Å². The molecule has 1 amide bonds. The van der Waals surface area contributed by atoms with Crippen LogP contribution < -0.4 is 16.8 Å². The second-order valence-electron chi connectivity index (χ2n) is 6.36. The summed E-state index contributed by atoms with van der Waals surface area (Å²) in [5, 5.41) is 8.26. The Labute approximate surface area is 156 Å². The van der Waals surface area contributed by atoms with Crippen LogP contribution in [0.2, 0.25) is 0 Å². The lowest BCUT2D eigenvalue weighted by atomic mass is 10.1. The molecule has 6 heteroatoms. The van der Waals surface area contributed by atoms with Gasteiger partial charge in [-0.1, -0.05) is 24.3 Å². The van der Waals surface area contributed by atoms with E-state index < -0.39 is 0 Å². The molecule has 0 saturated carbocycles. The highest BCUT2D eigenvalue weighted by molar-refractivity contribution is 6.05. The third-order valence-electron chi connectivity index (χ3n) is 4.42. The summed E-state index contributed by atoms with van der Waals surface area (Å²) >= 11 is 0. The summed E-state index contributed by atoms with van der Waals surface area (Å²) < 4.78 is 1.91. The van der Waals surface area contributed by atoms with Crippen molar-refractivity contribution in [2.75, 3.05) is 16.8 Å². The van der Waals surface area contributed by atoms with Crippen LogP contribution in [0.25, 0.3) is 10.9 Å². The summed E-state index contributed by atoms with van der Waals surface area (Å²) in [5.41, 5.74) is 16.2. The number of para-hydroxylation sites is 2. The number of carbonyl (C=O) groups excluding carboxylic acids is 1. The van der Waals surface area contributed by atoms with E-state index in [1.54, 1.807) is 30.5 Å². The van der Waals surface area contributed by atoms with Gasteiger partial charge in [-0.25, -0.2) is 0 Å². The predicted molar refractivity (Wildman–Crippen MR) is 108 cm³/mol. The number of amides is 1. The Bertz CT molecular complexity index is 1120. The lowest BCUT2D eigenvalue weighted by Crippen LogP contribution is -2.13. The highest BCUT2D eigenvalue weighted by Crippen LogP contribution is 2.20. The molecule has 0 bridgehead atoms. The first-order chi connectivity index (χ1) is 13.1. The monoisotopic (exact) mass is 357 g/mol. The van der Waals surface area contributed by atoms with E-state index in [1.807, 2.05) is 47.1 Å². The van der Waals surface area contributed by atoms with E-state index in [-0.39, 0.29) is 5.91 Å². The average Bonchev–Trinajstić information content (AvgIpc) is 3.06. The Morgan fingerprint density at radius 1 is 1.00 bits per heavy atom. The molecule has 0 aliphatic heterocycles. The number of rotatable bonds is 4. The number of fused-ring (bicyclic) bond motifs is 1. The molecule has 0 aliphatic carbocycles. The van der Waals surface area contributed by atoms with Gasteiger partial charge in [-0.2, -0.15) is 5.10 Å². The van der Waals surface area contributed by atoms with Crippen LogP contribution in [0.4, 0.5) is 17.1 Å². The Morgan fingerprint density at radius 3 is 2.56 bits per heavy atom. The number of nitrogens with two attached hydrogens (primary N) is 2. The van der Waals surface area contributed by atoms with Gasteiger partial charge in [0.15, 0.2) is 0 Å². The molecule has 0 saturated heterocycles. The fourth-order valence-corrected chi connectivity index (χ4v) is 2.97. The Kier molecular flexibility index (Phi) is 4.22. The summed E-state index contributed by atoms with van der Waals surface area (Å²) in [6, 6.07) is 20.4. The van der Waals surface area contributed by atoms with Crippen LogP contribution in [-0.4, -0.2) is 15.7 Å². The zero-order chi connectivity index (χ0) is 18.8. The lowest BCUT2D eigenvalue weighted by Gasteiger charge is -2.09. The van der Waals surface area contributed by atoms with Gasteiger partial charge in [0.05, 0.1) is 29.6 Å². The lowest BCUT2D eigenvalue weighted by molar-refractivity contribution is 0.102. The summed E-state index contributed by atoms with van der Waals surface area (Å²) in [4.78, 5) is 12.4. The van der Waals surface area contributed by atoms with Gasteiger partial charge in [0, 0.05) is 16.6 Å². The first-order valence-electron chi connectivity index (χ1n) is 8.56. The van der Waals surface area contributed by atoms with Crippen LogP contribution in [0.5, 0.6) is 0 Å². The number of nitrogens with one attached hydrogen (secondary N) is 1. The molecule has 0 aliphatic rings. The van der Waals surface area contributed by atoms with Gasteiger partial charge >= 0.3 is 0 Å². The number of nitrogens with zero attached hydrogens (tertiary/aromatic N) is 2. The largest absolute Gasteiger partial charge is 0.399 e. The molecular formula is C21H19N5O. The molecule has 3 aromatic carbocycles. The molecule has 134 valence electrons. The molecule has 27 heavy (non-hydrogen) atoms. The topological polar surface area (TPSA) is 99.0 Å². The molecule has 1 heterocycles. The third-order valence-corrected chi connectivity index (χ3v) is 4.42. The zero-order valence-electron chi connectivity index (χ0n) is 14.6. The number of nitrogen functional groups attached to an aromatic ring is 2. The first-order valence-corrected chi connectivity index (χ1v) is 8.56. The SMILES string of the molecule is Nc1ccc2c(cnn2Cc2ccc(C(=O)Nc3ccccc3N)cc2)c1. The summed E-state index contributed by atoms with van der Waals surface area (Å²) in [6.07, 6.45) is 1.80. The second-order valence-corrected chi connectivity index (χ2v) is 6.36. The smallest absolute Gasteiger partial charge is 0.255 e. The van der Waals surface area contributed by atoms with E-state index in [0.717, 1.165) is 22.2 Å². The van der Waals surface area contributed by atoms with Crippen molar-refractivity contribution >= 4 is 33.9 Å². The Balaban J connectivity index is 1.50. The second kappa shape index (κ2) is 6.84. The molecule has 4 rings (SSSR count). The van der Waals surface area contributed by atoms with E-state index in [0.29, 0.717) is 23.5 Å². The highest BCUT2D eigenvalue weighted by atomic mass is 16.1. The minimum Gasteiger partial charge on any atom is -0.399 e. The van der Waals surface area contributed by atoms with Crippen molar-refractivity contribution < 1.29 is 4.79 Å². The third kappa shape index (κ3) is 3.46. The fraction of sp³-hybridized carbons (Fsp3) is 0.0476. The van der Waals surface area contributed by atoms with Gasteiger partial charge in [0.1, 0.15) is 0 Å². The molecule has 1 aromatic heterocycles. The molecule has 6 nitrogen and oxygen atoms in total. The molecule has 4 aromatic rings. The van der Waals surface area contributed by atoms with Crippen LogP contribution in [0.15, 0.2) is 72.9 Å². The van der Waals surface area contributed by atoms with Crippen molar-refractivity contribution in [3.63, 3.8) is 0 Å². The Hall–Kier alpha value is -3.80. The van der Waals surface area contributed by atoms with Crippen LogP contribution in [0, 0.1) is 0 Å². The van der Waals surface area contributed by atoms with Gasteiger partial charge in [-0.3, -0.25) is 9.48 Å². The molecule has 0 fully saturated rings. The van der Waals surface area contributed by atoms with Gasteiger partial charge in [-0.05, 0) is 48.0 Å². The van der Waals surface area contributed by atoms with Gasteiger partial charge in [-0.15, -0.1) is 0 Å². The van der Waals surface area contributed by atoms with Gasteiger partial charge < -0.3 is 16.8 Å². The van der Waals surface area contributed by atoms with E-state index in [1.165, 1.54) is 0 Å². The zero-order valence-corrected chi connectivity index (χ0v) is 14.6. The number of hydrogen-bond acceptors (Lipinski definition) is 4. The molecular weight excluding hydrogens is 338 g/mol. The summed E-state index contributed by atoms with van der Waals surface area (Å²) in [7, 11) is 0. The molecule has 0 radical (unpaired) electrons. The molecule has 0 atom stereocenters. The van der Waals surface area contributed by atoms with E-state index in [9.17, 15) is 4.79 Å². The number of hydrogen-bond donors (Lipinski definition) is 3. The highest BCUT2D eigenvalue weighted by Gasteiger charge is 2.09. The van der Waals surface area contributed by atoms with Crippen LogP contribution in [-0.2, 0) is 6.54 Å². The maximum absolute atomic E-state index is 12.4. The van der Waals surface area contributed by atoms with Gasteiger partial charge in [0.25, 0.3) is 5.91 Å². The number of carbonyl (C=O) groups is 1. The van der Waals surface area contributed by atoms with Crippen molar-refractivity contribution in [1.82, 2.24) is 9.78 Å². The maximum Gasteiger partial charge on any atom is 0.255 e. The van der Waals surface area contributed by atoms with Gasteiger partial charge in [0.2, 0.25) is 0 Å². The maximum atomic E-state index is 12.4. The number of anilines is 3. The first kappa shape index (κ1) is 16.7. The quantitative estimate of drug-likeness (QED) is 0.487. The van der Waals surface area contributed by atoms with E-state index in [2.05, 4.69) is 10.4 Å². The van der Waals surface area contributed by atoms with Crippen molar-refractivity contribution in [1.29, 1.82) is 0 Å². The summed E-state index contributed by atoms with van der Waals surface area (Å²) in [5.74, 6) is -0.195. The van der Waals surface area contributed by atoms with Crippen LogP contribution >= 0.6 is 0 Å². The van der Waals surface area contributed by atoms with Crippen LogP contribution in [0.1, 0.15) is 15.9 Å². The van der Waals surface area contributed by atoms with Crippen LogP contribution in [0.3, 0.4) is 0 Å². The van der Waals surface area contributed by atoms with Crippen molar-refractivity contribution in [2.45, 2.75) is 6.54 Å². The predicted octanol–water partition coefficient (Wildman–Crippen LogP) is 3.50. The molecule has 0 unspecified atom stereocenters. The Morgan fingerprint density at radius 2 is 1.78 bits per heavy atom. The normalized spacial score (nSPS) is 10.8. The average molecular weight is 357 g/mol. The molecule has 5 N–H and O–H groups in total. The van der Waals surface area contributed by atoms with Crippen molar-refractivity contribution in [3.8, 4) is 0 Å².